The summed E-state index contributed by atoms with van der Waals surface area (Å²) in [5, 5.41) is 12.7. The number of carbonyl (C=O) groups is 2. The smallest absolute Gasteiger partial charge is 0.222 e. The summed E-state index contributed by atoms with van der Waals surface area (Å²) in [5.74, 6) is 0.782. The molecule has 1 saturated carbocycles. The van der Waals surface area contributed by atoms with Crippen molar-refractivity contribution in [2.75, 3.05) is 20.2 Å². The van der Waals surface area contributed by atoms with E-state index in [2.05, 4.69) is 10.3 Å². The highest BCUT2D eigenvalue weighted by Gasteiger charge is 2.36. The molecule has 2 amide bonds. The largest absolute Gasteiger partial charge is 0.481 e. The molecule has 1 atom stereocenters. The van der Waals surface area contributed by atoms with Crippen LogP contribution in [-0.2, 0) is 9.59 Å². The number of methoxy groups -OCH3 is 1. The van der Waals surface area contributed by atoms with E-state index < -0.39 is 0 Å². The summed E-state index contributed by atoms with van der Waals surface area (Å²) in [6.45, 7) is 1.21. The van der Waals surface area contributed by atoms with Gasteiger partial charge in [0.2, 0.25) is 17.7 Å². The maximum Gasteiger partial charge on any atom is 0.222 e. The summed E-state index contributed by atoms with van der Waals surface area (Å²) < 4.78 is 5.09. The highest BCUT2D eigenvalue weighted by molar-refractivity contribution is 5.79. The molecule has 0 aromatic carbocycles. The van der Waals surface area contributed by atoms with Gasteiger partial charge in [-0.3, -0.25) is 9.59 Å². The van der Waals surface area contributed by atoms with Crippen molar-refractivity contribution >= 4 is 11.8 Å². The number of nitrogens with one attached hydrogen (secondary N) is 1. The number of aromatic nitrogens is 1. The second kappa shape index (κ2) is 8.49. The fourth-order valence-electron chi connectivity index (χ4n) is 3.65. The molecule has 1 saturated heterocycles. The Morgan fingerprint density at radius 1 is 1.42 bits per heavy atom. The van der Waals surface area contributed by atoms with Crippen molar-refractivity contribution in [3.8, 4) is 5.88 Å². The molecule has 26 heavy (non-hydrogen) atoms. The van der Waals surface area contributed by atoms with Crippen molar-refractivity contribution in [2.45, 2.75) is 50.7 Å². The van der Waals surface area contributed by atoms with E-state index in [1.807, 2.05) is 6.07 Å². The van der Waals surface area contributed by atoms with E-state index in [4.69, 9.17) is 4.74 Å². The van der Waals surface area contributed by atoms with E-state index >= 15 is 0 Å². The molecule has 1 aromatic rings. The number of rotatable bonds is 7. The van der Waals surface area contributed by atoms with E-state index in [0.717, 1.165) is 24.9 Å². The van der Waals surface area contributed by atoms with Gasteiger partial charge in [0, 0.05) is 38.2 Å². The first-order valence-corrected chi connectivity index (χ1v) is 9.32. The molecular weight excluding hydrogens is 334 g/mol. The fourth-order valence-corrected chi connectivity index (χ4v) is 3.65. The number of hydrogen-bond acceptors (Lipinski definition) is 5. The van der Waals surface area contributed by atoms with Gasteiger partial charge < -0.3 is 20.1 Å². The minimum absolute atomic E-state index is 0.0782. The molecule has 0 radical (unpaired) electrons. The number of carbonyl (C=O) groups excluding carboxylic acids is 2. The monoisotopic (exact) mass is 361 g/mol. The highest BCUT2D eigenvalue weighted by Crippen LogP contribution is 2.38. The van der Waals surface area contributed by atoms with E-state index in [9.17, 15) is 14.7 Å². The Morgan fingerprint density at radius 2 is 2.23 bits per heavy atom. The minimum Gasteiger partial charge on any atom is -0.481 e. The van der Waals surface area contributed by atoms with Gasteiger partial charge in [0.05, 0.1) is 19.3 Å². The molecule has 3 rings (SSSR count). The van der Waals surface area contributed by atoms with E-state index in [-0.39, 0.29) is 29.9 Å². The summed E-state index contributed by atoms with van der Waals surface area (Å²) >= 11 is 0. The van der Waals surface area contributed by atoms with Crippen LogP contribution in [0.1, 0.15) is 50.1 Å². The van der Waals surface area contributed by atoms with Crippen LogP contribution >= 0.6 is 0 Å². The third-order valence-electron chi connectivity index (χ3n) is 5.30. The van der Waals surface area contributed by atoms with E-state index in [1.54, 1.807) is 24.3 Å². The lowest BCUT2D eigenvalue weighted by molar-refractivity contribution is -0.134. The summed E-state index contributed by atoms with van der Waals surface area (Å²) in [7, 11) is 1.56. The lowest BCUT2D eigenvalue weighted by Crippen LogP contribution is -2.43. The van der Waals surface area contributed by atoms with Gasteiger partial charge in [-0.2, -0.15) is 0 Å². The first-order valence-electron chi connectivity index (χ1n) is 9.32. The molecule has 2 heterocycles. The van der Waals surface area contributed by atoms with Crippen molar-refractivity contribution in [3.05, 3.63) is 23.9 Å². The Labute approximate surface area is 153 Å². The summed E-state index contributed by atoms with van der Waals surface area (Å²) in [6, 6.07) is 3.49. The Balaban J connectivity index is 1.59. The SMILES string of the molecule is COc1ccc([C@H](NC(=O)CCN2CCCCC2=O)C2CC(O)C2)cn1. The maximum absolute atomic E-state index is 12.5. The Bertz CT molecular complexity index is 628. The summed E-state index contributed by atoms with van der Waals surface area (Å²) in [4.78, 5) is 30.3. The number of hydrogen-bond donors (Lipinski definition) is 2. The molecule has 7 heteroatoms. The molecule has 2 fully saturated rings. The van der Waals surface area contributed by atoms with Gasteiger partial charge in [0.15, 0.2) is 0 Å². The number of aliphatic hydroxyl groups excluding tert-OH is 1. The van der Waals surface area contributed by atoms with Crippen molar-refractivity contribution in [1.29, 1.82) is 0 Å². The van der Waals surface area contributed by atoms with Gasteiger partial charge in [-0.25, -0.2) is 4.98 Å². The van der Waals surface area contributed by atoms with Gasteiger partial charge in [0.25, 0.3) is 0 Å². The lowest BCUT2D eigenvalue weighted by Gasteiger charge is -2.38. The van der Waals surface area contributed by atoms with Crippen LogP contribution in [0.2, 0.25) is 0 Å². The topological polar surface area (TPSA) is 91.8 Å². The van der Waals surface area contributed by atoms with Crippen LogP contribution in [0.25, 0.3) is 0 Å². The number of ether oxygens (including phenoxy) is 1. The summed E-state index contributed by atoms with van der Waals surface area (Å²) in [5.41, 5.74) is 0.907. The number of amides is 2. The van der Waals surface area contributed by atoms with Crippen LogP contribution in [0.15, 0.2) is 18.3 Å². The second-order valence-electron chi connectivity index (χ2n) is 7.15. The first kappa shape index (κ1) is 18.6. The summed E-state index contributed by atoms with van der Waals surface area (Å²) in [6.07, 6.45) is 5.58. The molecular formula is C19H27N3O4. The van der Waals surface area contributed by atoms with Crippen molar-refractivity contribution in [1.82, 2.24) is 15.2 Å². The van der Waals surface area contributed by atoms with Crippen LogP contribution in [0.3, 0.4) is 0 Å². The highest BCUT2D eigenvalue weighted by atomic mass is 16.5. The van der Waals surface area contributed by atoms with Gasteiger partial charge in [0.1, 0.15) is 0 Å². The number of aliphatic hydroxyl groups is 1. The van der Waals surface area contributed by atoms with Crippen molar-refractivity contribution in [2.24, 2.45) is 5.92 Å². The molecule has 2 aliphatic rings. The Hall–Kier alpha value is -2.15. The van der Waals surface area contributed by atoms with Crippen LogP contribution in [0.4, 0.5) is 0 Å². The molecule has 1 aliphatic heterocycles. The second-order valence-corrected chi connectivity index (χ2v) is 7.15. The average molecular weight is 361 g/mol. The van der Waals surface area contributed by atoms with E-state index in [1.165, 1.54) is 0 Å². The fraction of sp³-hybridized carbons (Fsp3) is 0.632. The molecule has 7 nitrogen and oxygen atoms in total. The third-order valence-corrected chi connectivity index (χ3v) is 5.30. The molecule has 0 spiro atoms. The first-order chi connectivity index (χ1) is 12.6. The molecule has 0 unspecified atom stereocenters. The quantitative estimate of drug-likeness (QED) is 0.766. The van der Waals surface area contributed by atoms with E-state index in [0.29, 0.717) is 38.1 Å². The molecule has 1 aromatic heterocycles. The van der Waals surface area contributed by atoms with Crippen molar-refractivity contribution in [3.63, 3.8) is 0 Å². The van der Waals surface area contributed by atoms with Gasteiger partial charge in [-0.1, -0.05) is 6.07 Å². The van der Waals surface area contributed by atoms with Crippen LogP contribution in [0, 0.1) is 5.92 Å². The zero-order chi connectivity index (χ0) is 18.5. The van der Waals surface area contributed by atoms with Gasteiger partial charge >= 0.3 is 0 Å². The molecule has 2 N–H and O–H groups in total. The average Bonchev–Trinajstić information content (AvgIpc) is 2.63. The zero-order valence-electron chi connectivity index (χ0n) is 15.2. The normalized spacial score (nSPS) is 23.9. The van der Waals surface area contributed by atoms with Gasteiger partial charge in [-0.05, 0) is 37.2 Å². The minimum atomic E-state index is -0.295. The van der Waals surface area contributed by atoms with Crippen LogP contribution < -0.4 is 10.1 Å². The molecule has 1 aliphatic carbocycles. The predicted octanol–water partition coefficient (Wildman–Crippen LogP) is 1.42. The number of nitrogens with zero attached hydrogens (tertiary/aromatic N) is 2. The zero-order valence-corrected chi connectivity index (χ0v) is 15.2. The lowest BCUT2D eigenvalue weighted by atomic mass is 9.75. The third kappa shape index (κ3) is 4.52. The maximum atomic E-state index is 12.5. The van der Waals surface area contributed by atoms with Gasteiger partial charge in [-0.15, -0.1) is 0 Å². The number of pyridine rings is 1. The van der Waals surface area contributed by atoms with Crippen LogP contribution in [0.5, 0.6) is 5.88 Å². The molecule has 142 valence electrons. The molecule has 0 bridgehead atoms. The number of piperidine rings is 1. The van der Waals surface area contributed by atoms with Crippen LogP contribution in [-0.4, -0.2) is 53.1 Å². The standard InChI is InChI=1S/C19H27N3O4/c1-26-17-6-5-13(12-20-17)19(14-10-15(23)11-14)21-16(24)7-9-22-8-3-2-4-18(22)25/h5-6,12,14-15,19,23H,2-4,7-11H2,1H3,(H,21,24)/t14?,15?,19-/m0/s1. The van der Waals surface area contributed by atoms with Crippen molar-refractivity contribution < 1.29 is 19.4 Å². The predicted molar refractivity (Wildman–Crippen MR) is 95.5 cm³/mol. The number of likely N-dealkylation sites (tertiary alicyclic amines) is 1. The Kier molecular flexibility index (Phi) is 6.08. The Morgan fingerprint density at radius 3 is 2.85 bits per heavy atom.